The van der Waals surface area contributed by atoms with E-state index in [1.807, 2.05) is 67.6 Å². The molecule has 0 bridgehead atoms. The standard InChI is InChI=1S/C28H26NO2/c1-2-31-28(30)27-21-25(23-14-8-4-9-15-23)20-26(24-16-10-5-11-17-24)29(27)19-18-22-12-6-3-7-13-22/h3-17,20-21H,2,18-19H2,1H3/q+1. The van der Waals surface area contributed by atoms with Crippen molar-refractivity contribution < 1.29 is 14.1 Å². The molecule has 3 heteroatoms. The summed E-state index contributed by atoms with van der Waals surface area (Å²) >= 11 is 0. The molecule has 0 saturated carbocycles. The number of nitrogens with zero attached hydrogens (tertiary/aromatic N) is 1. The maximum absolute atomic E-state index is 13.0. The monoisotopic (exact) mass is 408 g/mol. The van der Waals surface area contributed by atoms with Crippen LogP contribution in [-0.4, -0.2) is 12.6 Å². The van der Waals surface area contributed by atoms with Gasteiger partial charge in [-0.2, -0.15) is 4.57 Å². The fraction of sp³-hybridized carbons (Fsp3) is 0.143. The molecule has 154 valence electrons. The van der Waals surface area contributed by atoms with Crippen molar-refractivity contribution >= 4 is 5.97 Å². The molecule has 0 amide bonds. The van der Waals surface area contributed by atoms with Crippen molar-refractivity contribution in [3.05, 3.63) is 114 Å². The van der Waals surface area contributed by atoms with E-state index < -0.39 is 0 Å². The topological polar surface area (TPSA) is 30.2 Å². The number of carbonyl (C=O) groups excluding carboxylic acids is 1. The lowest BCUT2D eigenvalue weighted by molar-refractivity contribution is -0.688. The molecule has 1 aromatic heterocycles. The lowest BCUT2D eigenvalue weighted by Crippen LogP contribution is -2.44. The van der Waals surface area contributed by atoms with Crippen LogP contribution in [0.2, 0.25) is 0 Å². The molecule has 0 unspecified atom stereocenters. The van der Waals surface area contributed by atoms with E-state index in [0.29, 0.717) is 18.8 Å². The van der Waals surface area contributed by atoms with Gasteiger partial charge in [-0.15, -0.1) is 0 Å². The molecular weight excluding hydrogens is 382 g/mol. The lowest BCUT2D eigenvalue weighted by atomic mass is 10.0. The highest BCUT2D eigenvalue weighted by atomic mass is 16.5. The Kier molecular flexibility index (Phi) is 6.53. The first-order valence-corrected chi connectivity index (χ1v) is 10.7. The minimum Gasteiger partial charge on any atom is -0.458 e. The van der Waals surface area contributed by atoms with E-state index in [1.54, 1.807) is 0 Å². The summed E-state index contributed by atoms with van der Waals surface area (Å²) in [5, 5.41) is 0. The van der Waals surface area contributed by atoms with Crippen molar-refractivity contribution in [2.75, 3.05) is 6.61 Å². The van der Waals surface area contributed by atoms with E-state index in [-0.39, 0.29) is 5.97 Å². The smallest absolute Gasteiger partial charge is 0.403 e. The van der Waals surface area contributed by atoms with E-state index in [9.17, 15) is 4.79 Å². The highest BCUT2D eigenvalue weighted by Gasteiger charge is 2.27. The molecule has 0 spiro atoms. The van der Waals surface area contributed by atoms with Crippen molar-refractivity contribution in [3.8, 4) is 22.4 Å². The summed E-state index contributed by atoms with van der Waals surface area (Å²) in [6.45, 7) is 2.86. The van der Waals surface area contributed by atoms with Crippen LogP contribution < -0.4 is 4.57 Å². The summed E-state index contributed by atoms with van der Waals surface area (Å²) in [5.41, 5.74) is 5.94. The number of rotatable bonds is 7. The second kappa shape index (κ2) is 9.86. The number of benzene rings is 3. The minimum absolute atomic E-state index is 0.300. The van der Waals surface area contributed by atoms with Crippen molar-refractivity contribution in [1.29, 1.82) is 0 Å². The van der Waals surface area contributed by atoms with Crippen LogP contribution in [-0.2, 0) is 17.7 Å². The number of aryl methyl sites for hydroxylation is 1. The molecule has 31 heavy (non-hydrogen) atoms. The van der Waals surface area contributed by atoms with Crippen LogP contribution in [0.4, 0.5) is 0 Å². The highest BCUT2D eigenvalue weighted by Crippen LogP contribution is 2.25. The molecule has 3 aromatic carbocycles. The summed E-state index contributed by atoms with van der Waals surface area (Å²) in [7, 11) is 0. The SMILES string of the molecule is CCOC(=O)c1cc(-c2ccccc2)cc(-c2ccccc2)[n+]1CCc1ccccc1. The Balaban J connectivity index is 1.87. The maximum atomic E-state index is 13.0. The van der Waals surface area contributed by atoms with Crippen LogP contribution in [0.25, 0.3) is 22.4 Å². The van der Waals surface area contributed by atoms with Crippen LogP contribution in [0.5, 0.6) is 0 Å². The summed E-state index contributed by atoms with van der Waals surface area (Å²) in [6.07, 6.45) is 0.822. The molecule has 0 N–H and O–H groups in total. The number of hydrogen-bond donors (Lipinski definition) is 0. The van der Waals surface area contributed by atoms with E-state index in [1.165, 1.54) is 5.56 Å². The molecule has 1 heterocycles. The molecule has 4 rings (SSSR count). The first kappa shape index (κ1) is 20.5. The summed E-state index contributed by atoms with van der Waals surface area (Å²) in [5.74, 6) is -0.300. The number of carbonyl (C=O) groups is 1. The van der Waals surface area contributed by atoms with Gasteiger partial charge in [-0.3, -0.25) is 0 Å². The Morgan fingerprint density at radius 2 is 1.32 bits per heavy atom. The van der Waals surface area contributed by atoms with Crippen LogP contribution in [0, 0.1) is 0 Å². The van der Waals surface area contributed by atoms with Gasteiger partial charge in [0.05, 0.1) is 6.61 Å². The number of aromatic nitrogens is 1. The first-order valence-electron chi connectivity index (χ1n) is 10.7. The Morgan fingerprint density at radius 1 is 0.742 bits per heavy atom. The molecular formula is C28H26NO2+. The van der Waals surface area contributed by atoms with Gasteiger partial charge in [-0.25, -0.2) is 4.79 Å². The van der Waals surface area contributed by atoms with Crippen LogP contribution >= 0.6 is 0 Å². The summed E-state index contributed by atoms with van der Waals surface area (Å²) in [6, 6.07) is 34.8. The quantitative estimate of drug-likeness (QED) is 0.289. The number of pyridine rings is 1. The molecule has 0 aliphatic heterocycles. The molecule has 0 radical (unpaired) electrons. The van der Waals surface area contributed by atoms with Crippen LogP contribution in [0.15, 0.2) is 103 Å². The van der Waals surface area contributed by atoms with Gasteiger partial charge in [0, 0.05) is 24.1 Å². The molecule has 4 aromatic rings. The van der Waals surface area contributed by atoms with Crippen molar-refractivity contribution in [1.82, 2.24) is 0 Å². The largest absolute Gasteiger partial charge is 0.458 e. The Bertz CT molecular complexity index is 1140. The first-order chi connectivity index (χ1) is 15.3. The average molecular weight is 409 g/mol. The van der Waals surface area contributed by atoms with Gasteiger partial charge in [0.2, 0.25) is 5.69 Å². The van der Waals surface area contributed by atoms with Crippen molar-refractivity contribution in [2.24, 2.45) is 0 Å². The zero-order chi connectivity index (χ0) is 21.5. The van der Waals surface area contributed by atoms with Gasteiger partial charge in [0.15, 0.2) is 6.54 Å². The van der Waals surface area contributed by atoms with E-state index in [0.717, 1.165) is 28.8 Å². The predicted octanol–water partition coefficient (Wildman–Crippen LogP) is 5.73. The third-order valence-electron chi connectivity index (χ3n) is 5.29. The van der Waals surface area contributed by atoms with Gasteiger partial charge in [0.25, 0.3) is 5.69 Å². The summed E-state index contributed by atoms with van der Waals surface area (Å²) < 4.78 is 7.53. The second-order valence-corrected chi connectivity index (χ2v) is 7.35. The van der Waals surface area contributed by atoms with Gasteiger partial charge in [-0.1, -0.05) is 78.9 Å². The van der Waals surface area contributed by atoms with Gasteiger partial charge in [0.1, 0.15) is 0 Å². The fourth-order valence-electron chi connectivity index (χ4n) is 3.77. The van der Waals surface area contributed by atoms with Gasteiger partial charge >= 0.3 is 5.97 Å². The Morgan fingerprint density at radius 3 is 1.94 bits per heavy atom. The summed E-state index contributed by atoms with van der Waals surface area (Å²) in [4.78, 5) is 13.0. The molecule has 0 atom stereocenters. The van der Waals surface area contributed by atoms with E-state index >= 15 is 0 Å². The molecule has 0 aliphatic rings. The van der Waals surface area contributed by atoms with E-state index in [4.69, 9.17) is 4.74 Å². The number of hydrogen-bond acceptors (Lipinski definition) is 2. The van der Waals surface area contributed by atoms with E-state index in [2.05, 4.69) is 47.0 Å². The molecule has 0 fully saturated rings. The number of esters is 1. The van der Waals surface area contributed by atoms with Crippen LogP contribution in [0.1, 0.15) is 23.0 Å². The fourth-order valence-corrected chi connectivity index (χ4v) is 3.77. The predicted molar refractivity (Wildman–Crippen MR) is 124 cm³/mol. The maximum Gasteiger partial charge on any atom is 0.403 e. The van der Waals surface area contributed by atoms with Crippen molar-refractivity contribution in [2.45, 2.75) is 19.9 Å². The molecule has 0 saturated heterocycles. The number of ether oxygens (including phenoxy) is 1. The minimum atomic E-state index is -0.300. The van der Waals surface area contributed by atoms with Crippen LogP contribution in [0.3, 0.4) is 0 Å². The van der Waals surface area contributed by atoms with Gasteiger partial charge in [-0.05, 0) is 35.7 Å². The third-order valence-corrected chi connectivity index (χ3v) is 5.29. The van der Waals surface area contributed by atoms with Gasteiger partial charge < -0.3 is 4.74 Å². The third kappa shape index (κ3) is 4.89. The molecule has 0 aliphatic carbocycles. The zero-order valence-electron chi connectivity index (χ0n) is 17.7. The second-order valence-electron chi connectivity index (χ2n) is 7.35. The molecule has 3 nitrogen and oxygen atoms in total. The average Bonchev–Trinajstić information content (AvgIpc) is 2.84. The lowest BCUT2D eigenvalue weighted by Gasteiger charge is -2.12. The van der Waals surface area contributed by atoms with Crippen molar-refractivity contribution in [3.63, 3.8) is 0 Å². The Hall–Kier alpha value is -3.72. The zero-order valence-corrected chi connectivity index (χ0v) is 17.7. The highest BCUT2D eigenvalue weighted by molar-refractivity contribution is 5.88. The Labute approximate surface area is 183 Å². The normalized spacial score (nSPS) is 10.6.